The van der Waals surface area contributed by atoms with Crippen molar-refractivity contribution in [2.45, 2.75) is 82.9 Å². The van der Waals surface area contributed by atoms with E-state index in [4.69, 9.17) is 19.9 Å². The Morgan fingerprint density at radius 2 is 2.00 bits per heavy atom. The number of ether oxygens (including phenoxy) is 3. The second-order valence-corrected chi connectivity index (χ2v) is 9.52. The topological polar surface area (TPSA) is 118 Å². The second-order valence-electron chi connectivity index (χ2n) is 9.52. The Labute approximate surface area is 181 Å². The van der Waals surface area contributed by atoms with Crippen LogP contribution >= 0.6 is 0 Å². The number of aromatic nitrogens is 4. The van der Waals surface area contributed by atoms with Gasteiger partial charge in [0, 0.05) is 24.5 Å². The number of nitrogens with zero attached hydrogens (tertiary/aromatic N) is 5. The number of imidazole rings is 1. The highest BCUT2D eigenvalue weighted by atomic mass is 16.8. The van der Waals surface area contributed by atoms with Gasteiger partial charge in [-0.2, -0.15) is 0 Å². The van der Waals surface area contributed by atoms with Gasteiger partial charge < -0.3 is 24.7 Å². The molecule has 10 nitrogen and oxygen atoms in total. The van der Waals surface area contributed by atoms with Gasteiger partial charge in [0.2, 0.25) is 0 Å². The summed E-state index contributed by atoms with van der Waals surface area (Å²) in [5.41, 5.74) is 7.12. The molecular formula is C21H30N6O4. The van der Waals surface area contributed by atoms with Gasteiger partial charge in [0.05, 0.1) is 6.33 Å². The number of carbonyl (C=O) groups is 1. The molecule has 168 valence electrons. The summed E-state index contributed by atoms with van der Waals surface area (Å²) in [4.78, 5) is 26.3. The first-order chi connectivity index (χ1) is 14.8. The van der Waals surface area contributed by atoms with Gasteiger partial charge in [-0.3, -0.25) is 9.47 Å². The molecule has 3 aliphatic rings. The molecule has 4 heterocycles. The molecule has 31 heavy (non-hydrogen) atoms. The normalized spacial score (nSPS) is 34.4. The lowest BCUT2D eigenvalue weighted by Gasteiger charge is -2.44. The third-order valence-electron chi connectivity index (χ3n) is 6.65. The van der Waals surface area contributed by atoms with Crippen molar-refractivity contribution in [2.24, 2.45) is 5.92 Å². The highest BCUT2D eigenvalue weighted by Gasteiger charge is 2.56. The van der Waals surface area contributed by atoms with E-state index in [1.165, 1.54) is 6.33 Å². The van der Waals surface area contributed by atoms with Crippen molar-refractivity contribution in [2.75, 3.05) is 12.3 Å². The van der Waals surface area contributed by atoms with Gasteiger partial charge in [-0.05, 0) is 40.5 Å². The first-order valence-electron chi connectivity index (χ1n) is 10.9. The van der Waals surface area contributed by atoms with Gasteiger partial charge >= 0.3 is 0 Å². The number of hydrogen-bond acceptors (Lipinski definition) is 9. The molecule has 3 fully saturated rings. The Balaban J connectivity index is 1.42. The summed E-state index contributed by atoms with van der Waals surface area (Å²) in [7, 11) is 0. The molecule has 10 heteroatoms. The Hall–Kier alpha value is -2.14. The Morgan fingerprint density at radius 1 is 1.26 bits per heavy atom. The highest BCUT2D eigenvalue weighted by Crippen LogP contribution is 2.44. The van der Waals surface area contributed by atoms with E-state index in [1.807, 2.05) is 18.4 Å². The smallest absolute Gasteiger partial charge is 0.167 e. The van der Waals surface area contributed by atoms with E-state index in [2.05, 4.69) is 33.7 Å². The maximum absolute atomic E-state index is 11.1. The van der Waals surface area contributed by atoms with Crippen molar-refractivity contribution in [1.82, 2.24) is 24.4 Å². The summed E-state index contributed by atoms with van der Waals surface area (Å²) >= 11 is 0. The molecule has 0 radical (unpaired) electrons. The van der Waals surface area contributed by atoms with Gasteiger partial charge in [-0.15, -0.1) is 0 Å². The lowest BCUT2D eigenvalue weighted by Crippen LogP contribution is -2.52. The summed E-state index contributed by atoms with van der Waals surface area (Å²) in [5.74, 6) is -0.204. The minimum absolute atomic E-state index is 0.170. The zero-order valence-electron chi connectivity index (χ0n) is 18.3. The standard InChI is InChI=1S/C21H30N6O4/c1-11(2)26(13-5-12(6-13)8-28)7-14-16-17(31-21(3,4)30-16)20(29-14)27-10-25-15-18(22)23-9-24-19(15)27/h8-14,16-17,20H,5-7H2,1-4H3,(H2,22,23,24)/t12-,13+,14-,16-,17?,20+/m1/s1. The summed E-state index contributed by atoms with van der Waals surface area (Å²) in [6, 6.07) is 0.712. The third kappa shape index (κ3) is 3.51. The molecule has 2 N–H and O–H groups in total. The fraction of sp³-hybridized carbons (Fsp3) is 0.714. The van der Waals surface area contributed by atoms with Gasteiger partial charge in [-0.25, -0.2) is 15.0 Å². The number of aldehydes is 1. The molecule has 2 saturated heterocycles. The van der Waals surface area contributed by atoms with Crippen LogP contribution in [-0.4, -0.2) is 73.4 Å². The fourth-order valence-corrected chi connectivity index (χ4v) is 5.09. The van der Waals surface area contributed by atoms with Gasteiger partial charge in [0.25, 0.3) is 0 Å². The van der Waals surface area contributed by atoms with Crippen molar-refractivity contribution in [3.63, 3.8) is 0 Å². The van der Waals surface area contributed by atoms with Crippen molar-refractivity contribution in [3.05, 3.63) is 12.7 Å². The number of fused-ring (bicyclic) bond motifs is 2. The summed E-state index contributed by atoms with van der Waals surface area (Å²) in [6.45, 7) is 8.90. The quantitative estimate of drug-likeness (QED) is 0.680. The molecule has 2 aromatic heterocycles. The zero-order chi connectivity index (χ0) is 21.9. The second kappa shape index (κ2) is 7.47. The maximum Gasteiger partial charge on any atom is 0.167 e. The molecular weight excluding hydrogens is 400 g/mol. The minimum Gasteiger partial charge on any atom is -0.382 e. The van der Waals surface area contributed by atoms with Crippen LogP contribution < -0.4 is 5.73 Å². The molecule has 0 aromatic carbocycles. The average molecular weight is 431 g/mol. The number of nitrogen functional groups attached to an aromatic ring is 1. The van der Waals surface area contributed by atoms with Crippen LogP contribution in [0, 0.1) is 5.92 Å². The van der Waals surface area contributed by atoms with E-state index in [1.54, 1.807) is 6.33 Å². The van der Waals surface area contributed by atoms with E-state index < -0.39 is 12.0 Å². The van der Waals surface area contributed by atoms with Crippen LogP contribution in [0.3, 0.4) is 0 Å². The van der Waals surface area contributed by atoms with E-state index in [-0.39, 0.29) is 24.2 Å². The van der Waals surface area contributed by atoms with E-state index in [0.29, 0.717) is 35.6 Å². The van der Waals surface area contributed by atoms with E-state index in [9.17, 15) is 4.79 Å². The Kier molecular flexibility index (Phi) is 5.00. The van der Waals surface area contributed by atoms with E-state index in [0.717, 1.165) is 19.1 Å². The number of nitrogens with two attached hydrogens (primary N) is 1. The molecule has 0 amide bonds. The Bertz CT molecular complexity index is 972. The van der Waals surface area contributed by atoms with Crippen LogP contribution in [0.2, 0.25) is 0 Å². The summed E-state index contributed by atoms with van der Waals surface area (Å²) in [6.07, 6.45) is 4.83. The number of hydrogen-bond donors (Lipinski definition) is 1. The van der Waals surface area contributed by atoms with Gasteiger partial charge in [0.1, 0.15) is 36.4 Å². The Morgan fingerprint density at radius 3 is 2.71 bits per heavy atom. The molecule has 4 atom stereocenters. The highest BCUT2D eigenvalue weighted by molar-refractivity contribution is 5.81. The monoisotopic (exact) mass is 430 g/mol. The summed E-state index contributed by atoms with van der Waals surface area (Å²) in [5, 5.41) is 0. The molecule has 2 aromatic rings. The zero-order valence-corrected chi connectivity index (χ0v) is 18.3. The van der Waals surface area contributed by atoms with Crippen LogP contribution in [0.25, 0.3) is 11.2 Å². The first-order valence-corrected chi connectivity index (χ1v) is 10.9. The van der Waals surface area contributed by atoms with E-state index >= 15 is 0 Å². The summed E-state index contributed by atoms with van der Waals surface area (Å²) < 4.78 is 20.9. The third-order valence-corrected chi connectivity index (χ3v) is 6.65. The minimum atomic E-state index is -0.707. The molecule has 1 unspecified atom stereocenters. The fourth-order valence-electron chi connectivity index (χ4n) is 5.09. The molecule has 5 rings (SSSR count). The van der Waals surface area contributed by atoms with Crippen molar-refractivity contribution in [3.8, 4) is 0 Å². The van der Waals surface area contributed by atoms with Crippen molar-refractivity contribution < 1.29 is 19.0 Å². The molecule has 1 saturated carbocycles. The average Bonchev–Trinajstić information content (AvgIpc) is 3.32. The van der Waals surface area contributed by atoms with Crippen LogP contribution in [0.1, 0.15) is 46.8 Å². The number of anilines is 1. The molecule has 0 spiro atoms. The van der Waals surface area contributed by atoms with Gasteiger partial charge in [0.15, 0.2) is 23.5 Å². The SMILES string of the molecule is CC(C)N(C[C@H]1O[C@H](n2cnc3c(N)ncnc32)C2OC(C)(C)O[C@@H]21)[C@H]1C[C@@H](C=O)C1. The van der Waals surface area contributed by atoms with Crippen LogP contribution in [0.15, 0.2) is 12.7 Å². The largest absolute Gasteiger partial charge is 0.382 e. The molecule has 1 aliphatic carbocycles. The predicted octanol–water partition coefficient (Wildman–Crippen LogP) is 1.51. The van der Waals surface area contributed by atoms with Crippen molar-refractivity contribution >= 4 is 23.3 Å². The lowest BCUT2D eigenvalue weighted by molar-refractivity contribution is -0.199. The number of rotatable bonds is 6. The molecule has 2 aliphatic heterocycles. The van der Waals surface area contributed by atoms with Crippen molar-refractivity contribution in [1.29, 1.82) is 0 Å². The first kappa shape index (κ1) is 20.7. The van der Waals surface area contributed by atoms with Crippen LogP contribution in [0.5, 0.6) is 0 Å². The number of carbonyl (C=O) groups excluding carboxylic acids is 1. The predicted molar refractivity (Wildman–Crippen MR) is 112 cm³/mol. The lowest BCUT2D eigenvalue weighted by atomic mass is 9.79. The van der Waals surface area contributed by atoms with Crippen LogP contribution in [0.4, 0.5) is 5.82 Å². The van der Waals surface area contributed by atoms with Crippen LogP contribution in [-0.2, 0) is 19.0 Å². The maximum atomic E-state index is 11.1. The molecule has 0 bridgehead atoms. The van der Waals surface area contributed by atoms with Gasteiger partial charge in [-0.1, -0.05) is 0 Å².